The number of fused-ring (bicyclic) bond motifs is 3. The zero-order valence-corrected chi connectivity index (χ0v) is 20.1. The zero-order valence-electron chi connectivity index (χ0n) is 18.6. The third kappa shape index (κ3) is 4.05. The van der Waals surface area contributed by atoms with E-state index in [1.54, 1.807) is 24.3 Å². The summed E-state index contributed by atoms with van der Waals surface area (Å²) in [5.41, 5.74) is 8.91. The highest BCUT2D eigenvalue weighted by molar-refractivity contribution is 6.35. The summed E-state index contributed by atoms with van der Waals surface area (Å²) in [4.78, 5) is 17.3. The molecule has 4 aromatic rings. The van der Waals surface area contributed by atoms with Crippen molar-refractivity contribution >= 4 is 34.2 Å². The highest BCUT2D eigenvalue weighted by Gasteiger charge is 2.36. The average molecular weight is 522 g/mol. The van der Waals surface area contributed by atoms with Gasteiger partial charge in [-0.1, -0.05) is 48.3 Å². The molecular weight excluding hydrogens is 501 g/mol. The van der Waals surface area contributed by atoms with Crippen molar-refractivity contribution < 1.29 is 13.9 Å². The van der Waals surface area contributed by atoms with E-state index in [1.165, 1.54) is 19.4 Å². The Morgan fingerprint density at radius 2 is 1.92 bits per heavy atom. The molecule has 2 N–H and O–H groups in total. The number of allylic oxidation sites excluding steroid dienone is 1. The van der Waals surface area contributed by atoms with Gasteiger partial charge >= 0.3 is 5.63 Å². The van der Waals surface area contributed by atoms with Gasteiger partial charge in [0.15, 0.2) is 5.75 Å². The number of nitrogens with zero attached hydrogens (tertiary/aromatic N) is 2. The number of benzene rings is 2. The number of hydrogen-bond acceptors (Lipinski definition) is 7. The first kappa shape index (κ1) is 25.1. The molecule has 2 aromatic heterocycles. The molecule has 1 atom stereocenters. The summed E-state index contributed by atoms with van der Waals surface area (Å²) in [7, 11) is 1.53. The van der Waals surface area contributed by atoms with E-state index in [2.05, 4.69) is 11.1 Å². The lowest BCUT2D eigenvalue weighted by atomic mass is 9.82. The molecule has 2 aromatic carbocycles. The highest BCUT2D eigenvalue weighted by atomic mass is 35.5. The van der Waals surface area contributed by atoms with Crippen LogP contribution in [0.15, 0.2) is 69.3 Å². The van der Waals surface area contributed by atoms with Gasteiger partial charge in [0.1, 0.15) is 28.1 Å². The van der Waals surface area contributed by atoms with Crippen LogP contribution in [0.2, 0.25) is 10.2 Å². The van der Waals surface area contributed by atoms with Gasteiger partial charge in [0.25, 0.3) is 0 Å². The number of ether oxygens (including phenoxy) is 2. The minimum Gasteiger partial charge on any atom is -0.496 e. The van der Waals surface area contributed by atoms with Crippen molar-refractivity contribution in [1.29, 1.82) is 5.26 Å². The first-order valence-corrected chi connectivity index (χ1v) is 11.2. The summed E-state index contributed by atoms with van der Waals surface area (Å²) < 4.78 is 17.0. The molecule has 0 aliphatic carbocycles. The number of nitriles is 1. The molecule has 36 heavy (non-hydrogen) atoms. The molecule has 0 saturated carbocycles. The number of halogens is 2. The van der Waals surface area contributed by atoms with E-state index in [9.17, 15) is 10.1 Å². The topological polar surface area (TPSA) is 111 Å². The van der Waals surface area contributed by atoms with Crippen molar-refractivity contribution in [2.75, 3.05) is 7.11 Å². The molecular formula is C27H21Cl2N3O4. The molecule has 1 aliphatic heterocycles. The van der Waals surface area contributed by atoms with Crippen LogP contribution < -0.4 is 20.8 Å². The molecule has 3 heterocycles. The maximum Gasteiger partial charge on any atom is 0.344 e. The second-order valence-electron chi connectivity index (χ2n) is 8.00. The molecule has 0 fully saturated rings. The average Bonchev–Trinajstić information content (AvgIpc) is 2.83. The SMILES string of the molecule is C.COc1ccc(C2C(C#N)=C(N)Oc3c2c(=O)oc2ccc(C)cc32)cc1-c1cnc(Cl)cc1Cl. The van der Waals surface area contributed by atoms with Gasteiger partial charge < -0.3 is 19.6 Å². The molecule has 0 amide bonds. The van der Waals surface area contributed by atoms with Gasteiger partial charge in [-0.3, -0.25) is 0 Å². The number of pyridine rings is 1. The molecule has 0 spiro atoms. The standard InChI is InChI=1S/C26H17Cl2N3O4.CH4/c1-12-3-5-20-15(7-12)24-23(26(32)34-20)22(16(10-29)25(30)35-24)13-4-6-19(33-2)14(8-13)17-11-31-21(28)9-18(17)27;/h3-9,11,22H,30H2,1-2H3;1H4. The maximum atomic E-state index is 13.2. The van der Waals surface area contributed by atoms with Crippen molar-refractivity contribution in [3.05, 3.63) is 97.4 Å². The van der Waals surface area contributed by atoms with Gasteiger partial charge in [-0.15, -0.1) is 0 Å². The summed E-state index contributed by atoms with van der Waals surface area (Å²) in [5.74, 6) is -0.135. The Morgan fingerprint density at radius 1 is 1.14 bits per heavy atom. The molecule has 9 heteroatoms. The van der Waals surface area contributed by atoms with Crippen LogP contribution in [0.5, 0.6) is 11.5 Å². The first-order chi connectivity index (χ1) is 16.8. The quantitative estimate of drug-likeness (QED) is 0.247. The highest BCUT2D eigenvalue weighted by Crippen LogP contribution is 2.46. The van der Waals surface area contributed by atoms with E-state index in [0.29, 0.717) is 38.4 Å². The van der Waals surface area contributed by atoms with Gasteiger partial charge in [-0.05, 0) is 42.8 Å². The minimum atomic E-state index is -0.839. The molecule has 0 bridgehead atoms. The molecule has 5 rings (SSSR count). The smallest absolute Gasteiger partial charge is 0.344 e. The van der Waals surface area contributed by atoms with Crippen LogP contribution in [0.1, 0.15) is 30.0 Å². The van der Waals surface area contributed by atoms with Crippen LogP contribution in [0.4, 0.5) is 0 Å². The fraction of sp³-hybridized carbons (Fsp3) is 0.148. The Labute approximate surface area is 217 Å². The molecule has 1 aliphatic rings. The molecule has 0 saturated heterocycles. The summed E-state index contributed by atoms with van der Waals surface area (Å²) in [6.45, 7) is 1.91. The Hall–Kier alpha value is -3.99. The van der Waals surface area contributed by atoms with Crippen LogP contribution in [0.3, 0.4) is 0 Å². The van der Waals surface area contributed by atoms with Gasteiger partial charge in [0.05, 0.1) is 29.0 Å². The van der Waals surface area contributed by atoms with Crippen molar-refractivity contribution in [3.63, 3.8) is 0 Å². The lowest BCUT2D eigenvalue weighted by Gasteiger charge is -2.26. The monoisotopic (exact) mass is 521 g/mol. The van der Waals surface area contributed by atoms with Crippen LogP contribution in [0, 0.1) is 18.3 Å². The predicted molar refractivity (Wildman–Crippen MR) is 139 cm³/mol. The van der Waals surface area contributed by atoms with Crippen molar-refractivity contribution in [1.82, 2.24) is 4.98 Å². The summed E-state index contributed by atoms with van der Waals surface area (Å²) in [6.07, 6.45) is 1.53. The van der Waals surface area contributed by atoms with E-state index in [1.807, 2.05) is 19.1 Å². The second kappa shape index (κ2) is 9.57. The van der Waals surface area contributed by atoms with E-state index in [4.69, 9.17) is 42.8 Å². The van der Waals surface area contributed by atoms with Crippen LogP contribution in [-0.4, -0.2) is 12.1 Å². The Balaban J connectivity index is 0.00000304. The van der Waals surface area contributed by atoms with Gasteiger partial charge in [0, 0.05) is 17.3 Å². The Morgan fingerprint density at radius 3 is 2.61 bits per heavy atom. The predicted octanol–water partition coefficient (Wildman–Crippen LogP) is 6.33. The van der Waals surface area contributed by atoms with Crippen LogP contribution >= 0.6 is 23.2 Å². The van der Waals surface area contributed by atoms with Gasteiger partial charge in [0.2, 0.25) is 5.88 Å². The van der Waals surface area contributed by atoms with E-state index < -0.39 is 11.5 Å². The third-order valence-electron chi connectivity index (χ3n) is 5.89. The van der Waals surface area contributed by atoms with Gasteiger partial charge in [-0.25, -0.2) is 9.78 Å². The summed E-state index contributed by atoms with van der Waals surface area (Å²) in [5, 5.41) is 11.2. The zero-order chi connectivity index (χ0) is 24.9. The summed E-state index contributed by atoms with van der Waals surface area (Å²) >= 11 is 12.4. The van der Waals surface area contributed by atoms with E-state index in [-0.39, 0.29) is 35.3 Å². The van der Waals surface area contributed by atoms with Crippen molar-refractivity contribution in [2.45, 2.75) is 20.3 Å². The lowest BCUT2D eigenvalue weighted by molar-refractivity contribution is 0.388. The largest absolute Gasteiger partial charge is 0.496 e. The van der Waals surface area contributed by atoms with Crippen molar-refractivity contribution in [2.24, 2.45) is 5.73 Å². The molecule has 182 valence electrons. The first-order valence-electron chi connectivity index (χ1n) is 10.5. The Kier molecular flexibility index (Phi) is 6.68. The molecule has 1 unspecified atom stereocenters. The lowest BCUT2D eigenvalue weighted by Crippen LogP contribution is -2.26. The van der Waals surface area contributed by atoms with E-state index >= 15 is 0 Å². The van der Waals surface area contributed by atoms with Crippen LogP contribution in [0.25, 0.3) is 22.1 Å². The number of rotatable bonds is 3. The third-order valence-corrected chi connectivity index (χ3v) is 6.41. The van der Waals surface area contributed by atoms with E-state index in [0.717, 1.165) is 5.56 Å². The summed E-state index contributed by atoms with van der Waals surface area (Å²) in [6, 6.07) is 14.3. The number of nitrogens with two attached hydrogens (primary N) is 1. The van der Waals surface area contributed by atoms with Gasteiger partial charge in [-0.2, -0.15) is 5.26 Å². The molecule has 7 nitrogen and oxygen atoms in total. The Bertz CT molecular complexity index is 1650. The van der Waals surface area contributed by atoms with Crippen molar-refractivity contribution in [3.8, 4) is 28.7 Å². The maximum absolute atomic E-state index is 13.2. The number of aryl methyl sites for hydroxylation is 1. The molecule has 0 radical (unpaired) electrons. The fourth-order valence-electron chi connectivity index (χ4n) is 4.29. The minimum absolute atomic E-state index is 0. The second-order valence-corrected chi connectivity index (χ2v) is 8.80. The fourth-order valence-corrected chi connectivity index (χ4v) is 4.76. The normalized spacial score (nSPS) is 14.5. The number of hydrogen-bond donors (Lipinski definition) is 1. The number of methoxy groups -OCH3 is 1. The van der Waals surface area contributed by atoms with Crippen LogP contribution in [-0.2, 0) is 0 Å². The number of aromatic nitrogens is 1.